The second-order valence-electron chi connectivity index (χ2n) is 8.51. The Morgan fingerprint density at radius 1 is 0.875 bits per heavy atom. The van der Waals surface area contributed by atoms with Crippen LogP contribution in [0.5, 0.6) is 0 Å². The van der Waals surface area contributed by atoms with Gasteiger partial charge in [-0.25, -0.2) is 13.8 Å². The summed E-state index contributed by atoms with van der Waals surface area (Å²) in [5.74, 6) is 0.0613. The number of carbonyl (C=O) groups is 1. The number of carbonyl (C=O) groups excluding carboxylic acids is 1. The summed E-state index contributed by atoms with van der Waals surface area (Å²) in [6.07, 6.45) is 8.52. The molecule has 0 radical (unpaired) electrons. The zero-order chi connectivity index (χ0) is 29.1. The van der Waals surface area contributed by atoms with Crippen molar-refractivity contribution in [2.75, 3.05) is 5.88 Å². The summed E-state index contributed by atoms with van der Waals surface area (Å²) >= 11 is 5.38. The molecular formula is C30H27ClF2N6O. The van der Waals surface area contributed by atoms with Gasteiger partial charge in [0.15, 0.2) is 5.78 Å². The SMILES string of the molecule is Cc1ccncc1-c1cnc(-c2ccc(F)cc2)[nH]1.Cc1ccncc1C(=O)CCl.N=C(N)c1ccc(F)cc1. The van der Waals surface area contributed by atoms with E-state index in [2.05, 4.69) is 19.9 Å². The lowest BCUT2D eigenvalue weighted by atomic mass is 10.1. The lowest BCUT2D eigenvalue weighted by Crippen LogP contribution is -2.10. The van der Waals surface area contributed by atoms with Crippen LogP contribution in [0.4, 0.5) is 8.78 Å². The van der Waals surface area contributed by atoms with Gasteiger partial charge in [-0.15, -0.1) is 11.6 Å². The fourth-order valence-corrected chi connectivity index (χ4v) is 3.56. The minimum Gasteiger partial charge on any atom is -0.384 e. The van der Waals surface area contributed by atoms with Gasteiger partial charge in [0.05, 0.1) is 17.8 Å². The van der Waals surface area contributed by atoms with E-state index in [1.807, 2.05) is 19.9 Å². The molecule has 0 atom stereocenters. The Hall–Kier alpha value is -4.76. The third-order valence-corrected chi connectivity index (χ3v) is 5.88. The van der Waals surface area contributed by atoms with Crippen molar-refractivity contribution in [3.63, 3.8) is 0 Å². The van der Waals surface area contributed by atoms with Gasteiger partial charge in [0, 0.05) is 47.0 Å². The number of rotatable bonds is 5. The molecule has 204 valence electrons. The van der Waals surface area contributed by atoms with Gasteiger partial charge in [0.25, 0.3) is 0 Å². The maximum Gasteiger partial charge on any atom is 0.179 e. The number of nitrogens with two attached hydrogens (primary N) is 1. The zero-order valence-electron chi connectivity index (χ0n) is 21.8. The van der Waals surface area contributed by atoms with Crippen molar-refractivity contribution in [3.8, 4) is 22.6 Å². The number of amidine groups is 1. The van der Waals surface area contributed by atoms with E-state index in [0.29, 0.717) is 11.1 Å². The normalized spacial score (nSPS) is 10.0. The molecule has 0 aliphatic rings. The Morgan fingerprint density at radius 2 is 1.45 bits per heavy atom. The molecule has 0 spiro atoms. The molecule has 0 fully saturated rings. The number of Topliss-reactive ketones (excluding diaryl/α,β-unsaturated/α-hetero) is 1. The molecule has 0 unspecified atom stereocenters. The highest BCUT2D eigenvalue weighted by Gasteiger charge is 2.08. The number of aryl methyl sites for hydroxylation is 2. The molecular weight excluding hydrogens is 534 g/mol. The van der Waals surface area contributed by atoms with E-state index in [9.17, 15) is 13.6 Å². The summed E-state index contributed by atoms with van der Waals surface area (Å²) in [7, 11) is 0. The van der Waals surface area contributed by atoms with Gasteiger partial charge in [-0.3, -0.25) is 20.2 Å². The predicted molar refractivity (Wildman–Crippen MR) is 153 cm³/mol. The van der Waals surface area contributed by atoms with E-state index in [1.165, 1.54) is 36.4 Å². The van der Waals surface area contributed by atoms with Crippen LogP contribution in [0.25, 0.3) is 22.6 Å². The molecule has 5 aromatic rings. The largest absolute Gasteiger partial charge is 0.384 e. The van der Waals surface area contributed by atoms with Gasteiger partial charge in [-0.2, -0.15) is 0 Å². The van der Waals surface area contributed by atoms with E-state index in [-0.39, 0.29) is 29.1 Å². The zero-order valence-corrected chi connectivity index (χ0v) is 22.6. The first-order chi connectivity index (χ1) is 19.2. The second-order valence-corrected chi connectivity index (χ2v) is 8.78. The topological polar surface area (TPSA) is 121 Å². The molecule has 4 N–H and O–H groups in total. The van der Waals surface area contributed by atoms with Gasteiger partial charge < -0.3 is 10.7 Å². The van der Waals surface area contributed by atoms with Crippen molar-refractivity contribution >= 4 is 23.2 Å². The van der Waals surface area contributed by atoms with Gasteiger partial charge in [-0.1, -0.05) is 0 Å². The fraction of sp³-hybridized carbons (Fsp3) is 0.100. The highest BCUT2D eigenvalue weighted by Crippen LogP contribution is 2.24. The number of hydrogen-bond acceptors (Lipinski definition) is 5. The molecule has 3 heterocycles. The predicted octanol–water partition coefficient (Wildman–Crippen LogP) is 6.51. The minimum absolute atomic E-state index is 0.0204. The molecule has 5 rings (SSSR count). The number of nitrogens with zero attached hydrogens (tertiary/aromatic N) is 3. The van der Waals surface area contributed by atoms with Gasteiger partial charge in [0.2, 0.25) is 0 Å². The molecule has 0 aliphatic heterocycles. The summed E-state index contributed by atoms with van der Waals surface area (Å²) in [6.45, 7) is 3.89. The van der Waals surface area contributed by atoms with Crippen LogP contribution in [0, 0.1) is 30.9 Å². The highest BCUT2D eigenvalue weighted by molar-refractivity contribution is 6.30. The first kappa shape index (κ1) is 29.8. The quantitative estimate of drug-likeness (QED) is 0.0979. The third kappa shape index (κ3) is 8.37. The molecule has 0 saturated heterocycles. The maximum atomic E-state index is 12.9. The van der Waals surface area contributed by atoms with Crippen molar-refractivity contribution in [2.24, 2.45) is 5.73 Å². The van der Waals surface area contributed by atoms with Crippen LogP contribution in [0.15, 0.2) is 91.6 Å². The number of benzene rings is 2. The smallest absolute Gasteiger partial charge is 0.179 e. The summed E-state index contributed by atoms with van der Waals surface area (Å²) in [6, 6.07) is 15.5. The molecule has 0 saturated carbocycles. The van der Waals surface area contributed by atoms with Crippen LogP contribution in [0.3, 0.4) is 0 Å². The number of pyridine rings is 2. The van der Waals surface area contributed by atoms with E-state index in [4.69, 9.17) is 22.7 Å². The van der Waals surface area contributed by atoms with Crippen molar-refractivity contribution < 1.29 is 13.6 Å². The lowest BCUT2D eigenvalue weighted by molar-refractivity contribution is 0.102. The summed E-state index contributed by atoms with van der Waals surface area (Å²) in [5, 5.41) is 6.96. The van der Waals surface area contributed by atoms with E-state index in [1.54, 1.807) is 49.2 Å². The van der Waals surface area contributed by atoms with Gasteiger partial charge >= 0.3 is 0 Å². The maximum absolute atomic E-state index is 12.9. The lowest BCUT2D eigenvalue weighted by Gasteiger charge is -2.01. The fourth-order valence-electron chi connectivity index (χ4n) is 3.42. The van der Waals surface area contributed by atoms with Crippen LogP contribution in [0.2, 0.25) is 0 Å². The molecule has 0 bridgehead atoms. The van der Waals surface area contributed by atoms with E-state index in [0.717, 1.165) is 33.8 Å². The summed E-state index contributed by atoms with van der Waals surface area (Å²) in [4.78, 5) is 26.6. The first-order valence-electron chi connectivity index (χ1n) is 12.0. The van der Waals surface area contributed by atoms with Crippen LogP contribution in [-0.4, -0.2) is 37.4 Å². The molecule has 2 aromatic carbocycles. The Balaban J connectivity index is 0.000000180. The van der Waals surface area contributed by atoms with Crippen LogP contribution < -0.4 is 5.73 Å². The number of imidazole rings is 1. The highest BCUT2D eigenvalue weighted by atomic mass is 35.5. The number of nitrogen functional groups attached to an aromatic ring is 1. The van der Waals surface area contributed by atoms with E-state index < -0.39 is 0 Å². The molecule has 7 nitrogen and oxygen atoms in total. The van der Waals surface area contributed by atoms with Crippen molar-refractivity contribution in [1.29, 1.82) is 5.41 Å². The summed E-state index contributed by atoms with van der Waals surface area (Å²) < 4.78 is 25.1. The van der Waals surface area contributed by atoms with Crippen molar-refractivity contribution in [1.82, 2.24) is 19.9 Å². The number of nitrogens with one attached hydrogen (secondary N) is 2. The first-order valence-corrected chi connectivity index (χ1v) is 12.5. The van der Waals surface area contributed by atoms with Gasteiger partial charge in [-0.05, 0) is 85.6 Å². The third-order valence-electron chi connectivity index (χ3n) is 5.64. The van der Waals surface area contributed by atoms with Crippen molar-refractivity contribution in [3.05, 3.63) is 126 Å². The number of aromatic nitrogens is 4. The van der Waals surface area contributed by atoms with Gasteiger partial charge in [0.1, 0.15) is 23.3 Å². The monoisotopic (exact) mass is 560 g/mol. The van der Waals surface area contributed by atoms with Crippen LogP contribution in [0.1, 0.15) is 27.0 Å². The Bertz CT molecular complexity index is 1570. The molecule has 0 amide bonds. The number of alkyl halides is 1. The Morgan fingerprint density at radius 3 is 2.00 bits per heavy atom. The summed E-state index contributed by atoms with van der Waals surface area (Å²) in [5.41, 5.74) is 11.1. The average Bonchev–Trinajstić information content (AvgIpc) is 3.45. The molecule has 10 heteroatoms. The Labute approximate surface area is 235 Å². The number of aromatic amines is 1. The standard InChI is InChI=1S/C15H12FN3.C8H8ClNO.C7H7FN2/c1-10-6-7-17-8-13(10)14-9-18-15(19-14)11-2-4-12(16)5-3-11;1-6-2-3-10-5-7(6)8(11)4-9;8-6-3-1-5(2-4-6)7(9)10/h2-9H,1H3,(H,18,19);2-3,5H,4H2,1H3;1-4H,(H3,9,10). The number of ketones is 1. The molecule has 3 aromatic heterocycles. The van der Waals surface area contributed by atoms with Crippen molar-refractivity contribution in [2.45, 2.75) is 13.8 Å². The molecule has 40 heavy (non-hydrogen) atoms. The number of hydrogen-bond donors (Lipinski definition) is 3. The average molecular weight is 561 g/mol. The molecule has 0 aliphatic carbocycles. The minimum atomic E-state index is -0.315. The van der Waals surface area contributed by atoms with E-state index >= 15 is 0 Å². The van der Waals surface area contributed by atoms with Crippen LogP contribution >= 0.6 is 11.6 Å². The second kappa shape index (κ2) is 14.4. The van der Waals surface area contributed by atoms with Crippen LogP contribution in [-0.2, 0) is 0 Å². The number of H-pyrrole nitrogens is 1. The Kier molecular flexibility index (Phi) is 10.7. The number of halogens is 3.